The molecule has 6 nitrogen and oxygen atoms in total. The Hall–Kier alpha value is -1.92. The minimum Gasteiger partial charge on any atom is -0.462 e. The van der Waals surface area contributed by atoms with Gasteiger partial charge in [0.05, 0.1) is 35.7 Å². The molecule has 2 saturated carbocycles. The summed E-state index contributed by atoms with van der Waals surface area (Å²) in [6, 6.07) is 8.04. The maximum absolute atomic E-state index is 12.7. The van der Waals surface area contributed by atoms with Crippen molar-refractivity contribution >= 4 is 17.0 Å². The molecule has 2 aliphatic heterocycles. The second kappa shape index (κ2) is 6.29. The minimum atomic E-state index is -0.0633. The molecule has 0 radical (unpaired) electrons. The number of benzene rings is 1. The molecular formula is C23H29N3O3. The summed E-state index contributed by atoms with van der Waals surface area (Å²) in [5.74, 6) is 1.69. The third-order valence-electron chi connectivity index (χ3n) is 8.17. The van der Waals surface area contributed by atoms with Gasteiger partial charge in [-0.15, -0.1) is 0 Å². The second-order valence-corrected chi connectivity index (χ2v) is 9.93. The average Bonchev–Trinajstić information content (AvgIpc) is 3.23. The summed E-state index contributed by atoms with van der Waals surface area (Å²) >= 11 is 0. The Bertz CT molecular complexity index is 919. The number of nitrogens with one attached hydrogen (secondary N) is 2. The van der Waals surface area contributed by atoms with E-state index in [1.807, 2.05) is 24.3 Å². The highest BCUT2D eigenvalue weighted by Crippen LogP contribution is 2.62. The Balaban J connectivity index is 1.15. The van der Waals surface area contributed by atoms with Crippen molar-refractivity contribution in [2.24, 2.45) is 23.2 Å². The minimum absolute atomic E-state index is 0.0230. The summed E-state index contributed by atoms with van der Waals surface area (Å²) in [6.45, 7) is 4.59. The van der Waals surface area contributed by atoms with Crippen LogP contribution in [0, 0.1) is 23.2 Å². The van der Waals surface area contributed by atoms with E-state index in [2.05, 4.69) is 22.2 Å². The van der Waals surface area contributed by atoms with Gasteiger partial charge in [0.1, 0.15) is 11.9 Å². The average molecular weight is 396 g/mol. The van der Waals surface area contributed by atoms with Crippen molar-refractivity contribution in [1.29, 1.82) is 0 Å². The highest BCUT2D eigenvalue weighted by Gasteiger charge is 2.64. The molecule has 2 aromatic rings. The summed E-state index contributed by atoms with van der Waals surface area (Å²) in [4.78, 5) is 20.7. The van der Waals surface area contributed by atoms with E-state index in [0.717, 1.165) is 36.3 Å². The van der Waals surface area contributed by atoms with Crippen LogP contribution in [0.4, 0.5) is 0 Å². The van der Waals surface area contributed by atoms with Gasteiger partial charge in [-0.1, -0.05) is 19.1 Å². The van der Waals surface area contributed by atoms with Gasteiger partial charge in [-0.3, -0.25) is 4.79 Å². The van der Waals surface area contributed by atoms with Crippen LogP contribution in [0.1, 0.15) is 44.9 Å². The monoisotopic (exact) mass is 395 g/mol. The number of imidazole rings is 1. The molecule has 1 aromatic heterocycles. The lowest BCUT2D eigenvalue weighted by Gasteiger charge is -2.51. The smallest absolute Gasteiger partial charge is 0.310 e. The first kappa shape index (κ1) is 17.9. The van der Waals surface area contributed by atoms with Crippen LogP contribution in [0.3, 0.4) is 0 Å². The number of H-pyrrole nitrogens is 1. The summed E-state index contributed by atoms with van der Waals surface area (Å²) < 4.78 is 11.9. The van der Waals surface area contributed by atoms with Crippen molar-refractivity contribution in [3.63, 3.8) is 0 Å². The van der Waals surface area contributed by atoms with Crippen LogP contribution in [0.5, 0.6) is 0 Å². The van der Waals surface area contributed by atoms with Crippen LogP contribution in [0.2, 0.25) is 0 Å². The molecule has 3 heterocycles. The van der Waals surface area contributed by atoms with Gasteiger partial charge in [0, 0.05) is 12.5 Å². The van der Waals surface area contributed by atoms with Crippen LogP contribution in [0.15, 0.2) is 24.3 Å². The number of rotatable bonds is 4. The van der Waals surface area contributed by atoms with Gasteiger partial charge in [0.2, 0.25) is 0 Å². The maximum atomic E-state index is 12.7. The summed E-state index contributed by atoms with van der Waals surface area (Å²) in [5.41, 5.74) is 2.38. The number of nitrogens with zero attached hydrogens (tertiary/aromatic N) is 1. The standard InChI is InChI=1S/C23H29N3O3/c1-22-7-4-8-23(13-28-23)19(22)9-14-15(21(27)29-18(14)10-22)11-24-12-20-25-16-5-2-3-6-17(16)26-20/h2-3,5-6,14-15,18-19,24H,4,7-13H2,1H3,(H,25,26). The van der Waals surface area contributed by atoms with Crippen LogP contribution < -0.4 is 5.32 Å². The molecule has 4 aliphatic rings. The van der Waals surface area contributed by atoms with E-state index < -0.39 is 0 Å². The van der Waals surface area contributed by atoms with E-state index in [-0.39, 0.29) is 29.0 Å². The molecule has 4 fully saturated rings. The van der Waals surface area contributed by atoms with Crippen molar-refractivity contribution in [2.75, 3.05) is 13.2 Å². The molecule has 6 heteroatoms. The Labute approximate surface area is 170 Å². The third-order valence-corrected chi connectivity index (χ3v) is 8.17. The molecule has 0 amide bonds. The molecule has 1 spiro atoms. The molecule has 6 rings (SSSR count). The first-order valence-electron chi connectivity index (χ1n) is 11.1. The lowest BCUT2D eigenvalue weighted by atomic mass is 9.53. The fourth-order valence-electron chi connectivity index (χ4n) is 6.63. The Morgan fingerprint density at radius 3 is 3.00 bits per heavy atom. The molecule has 6 unspecified atom stereocenters. The SMILES string of the molecule is CC12CCCC3(CO3)C1CC1C(C2)OC(=O)C1CNCc1nc2ccccc2[nH]1. The number of aromatic amines is 1. The Morgan fingerprint density at radius 1 is 1.31 bits per heavy atom. The van der Waals surface area contributed by atoms with E-state index in [0.29, 0.717) is 24.9 Å². The van der Waals surface area contributed by atoms with Crippen molar-refractivity contribution in [2.45, 2.75) is 57.3 Å². The zero-order chi connectivity index (χ0) is 19.6. The van der Waals surface area contributed by atoms with Crippen LogP contribution in [0.25, 0.3) is 11.0 Å². The van der Waals surface area contributed by atoms with E-state index >= 15 is 0 Å². The molecule has 2 saturated heterocycles. The quantitative estimate of drug-likeness (QED) is 0.614. The molecule has 2 N–H and O–H groups in total. The predicted octanol–water partition coefficient (Wildman–Crippen LogP) is 3.18. The van der Waals surface area contributed by atoms with Crippen LogP contribution in [-0.2, 0) is 20.8 Å². The largest absolute Gasteiger partial charge is 0.462 e. The zero-order valence-corrected chi connectivity index (χ0v) is 16.9. The highest BCUT2D eigenvalue weighted by atomic mass is 16.6. The van der Waals surface area contributed by atoms with Crippen LogP contribution in [-0.4, -0.2) is 40.8 Å². The number of fused-ring (bicyclic) bond motifs is 4. The fourth-order valence-corrected chi connectivity index (χ4v) is 6.63. The maximum Gasteiger partial charge on any atom is 0.310 e. The molecule has 1 aromatic carbocycles. The van der Waals surface area contributed by atoms with E-state index in [4.69, 9.17) is 9.47 Å². The van der Waals surface area contributed by atoms with Gasteiger partial charge in [-0.2, -0.15) is 0 Å². The molecule has 29 heavy (non-hydrogen) atoms. The fraction of sp³-hybridized carbons (Fsp3) is 0.652. The van der Waals surface area contributed by atoms with Gasteiger partial charge in [0.25, 0.3) is 0 Å². The number of carbonyl (C=O) groups is 1. The summed E-state index contributed by atoms with van der Waals surface area (Å²) in [5, 5.41) is 3.46. The highest BCUT2D eigenvalue weighted by molar-refractivity contribution is 5.76. The first-order chi connectivity index (χ1) is 14.1. The van der Waals surface area contributed by atoms with Gasteiger partial charge < -0.3 is 19.8 Å². The number of para-hydroxylation sites is 2. The summed E-state index contributed by atoms with van der Waals surface area (Å²) in [6.07, 6.45) is 5.80. The van der Waals surface area contributed by atoms with Gasteiger partial charge in [-0.25, -0.2) is 4.98 Å². The van der Waals surface area contributed by atoms with E-state index in [1.165, 1.54) is 19.3 Å². The predicted molar refractivity (Wildman–Crippen MR) is 108 cm³/mol. The van der Waals surface area contributed by atoms with Crippen LogP contribution >= 0.6 is 0 Å². The summed E-state index contributed by atoms with van der Waals surface area (Å²) in [7, 11) is 0. The zero-order valence-electron chi connectivity index (χ0n) is 16.9. The lowest BCUT2D eigenvalue weighted by molar-refractivity contribution is -0.147. The number of aromatic nitrogens is 2. The van der Waals surface area contributed by atoms with Crippen molar-refractivity contribution in [1.82, 2.24) is 15.3 Å². The molecule has 154 valence electrons. The molecule has 2 aliphatic carbocycles. The normalized spacial score (nSPS) is 40.7. The van der Waals surface area contributed by atoms with Gasteiger partial charge >= 0.3 is 5.97 Å². The number of esters is 1. The number of hydrogen-bond donors (Lipinski definition) is 2. The van der Waals surface area contributed by atoms with Gasteiger partial charge in [0.15, 0.2) is 0 Å². The number of ether oxygens (including phenoxy) is 2. The van der Waals surface area contributed by atoms with Gasteiger partial charge in [-0.05, 0) is 55.6 Å². The number of epoxide rings is 1. The van der Waals surface area contributed by atoms with Crippen molar-refractivity contribution in [3.05, 3.63) is 30.1 Å². The third kappa shape index (κ3) is 2.83. The van der Waals surface area contributed by atoms with E-state index in [1.54, 1.807) is 0 Å². The number of carbonyl (C=O) groups excluding carboxylic acids is 1. The Kier molecular flexibility index (Phi) is 3.88. The topological polar surface area (TPSA) is 79.5 Å². The van der Waals surface area contributed by atoms with Crippen molar-refractivity contribution < 1.29 is 14.3 Å². The first-order valence-corrected chi connectivity index (χ1v) is 11.1. The molecular weight excluding hydrogens is 366 g/mol. The Morgan fingerprint density at radius 2 is 2.17 bits per heavy atom. The van der Waals surface area contributed by atoms with E-state index in [9.17, 15) is 4.79 Å². The molecule has 0 bridgehead atoms. The molecule has 6 atom stereocenters. The second-order valence-electron chi connectivity index (χ2n) is 9.93. The van der Waals surface area contributed by atoms with Crippen molar-refractivity contribution in [3.8, 4) is 0 Å². The lowest BCUT2D eigenvalue weighted by Crippen LogP contribution is -2.51. The number of hydrogen-bond acceptors (Lipinski definition) is 5.